The average molecular weight is 381 g/mol. The summed E-state index contributed by atoms with van der Waals surface area (Å²) in [6.45, 7) is 1.08. The first-order chi connectivity index (χ1) is 13.7. The Morgan fingerprint density at radius 1 is 0.857 bits per heavy atom. The van der Waals surface area contributed by atoms with Crippen LogP contribution in [0.2, 0.25) is 0 Å². The Hall–Kier alpha value is -3.75. The van der Waals surface area contributed by atoms with Crippen LogP contribution in [0.15, 0.2) is 42.6 Å². The molecule has 0 atom stereocenters. The summed E-state index contributed by atoms with van der Waals surface area (Å²) in [5.41, 5.74) is 1.55. The lowest BCUT2D eigenvalue weighted by atomic mass is 10.2. The van der Waals surface area contributed by atoms with Gasteiger partial charge in [-0.05, 0) is 24.3 Å². The van der Waals surface area contributed by atoms with Crippen molar-refractivity contribution in [3.05, 3.63) is 42.6 Å². The number of ether oxygens (including phenoxy) is 4. The van der Waals surface area contributed by atoms with E-state index in [1.54, 1.807) is 14.2 Å². The van der Waals surface area contributed by atoms with Gasteiger partial charge in [0.2, 0.25) is 5.95 Å². The highest BCUT2D eigenvalue weighted by Gasteiger charge is 2.12. The van der Waals surface area contributed by atoms with Crippen molar-refractivity contribution < 1.29 is 18.9 Å². The summed E-state index contributed by atoms with van der Waals surface area (Å²) >= 11 is 0. The lowest BCUT2D eigenvalue weighted by Gasteiger charge is -2.19. The van der Waals surface area contributed by atoms with E-state index in [0.717, 1.165) is 17.1 Å². The molecule has 1 aliphatic heterocycles. The molecule has 0 aliphatic carbocycles. The maximum Gasteiger partial charge on any atom is 0.249 e. The highest BCUT2D eigenvalue weighted by atomic mass is 16.6. The van der Waals surface area contributed by atoms with Gasteiger partial charge < -0.3 is 29.6 Å². The Balaban J connectivity index is 1.50. The highest BCUT2D eigenvalue weighted by Crippen LogP contribution is 2.33. The number of nitrogens with one attached hydrogen (secondary N) is 2. The topological polar surface area (TPSA) is 99.7 Å². The molecule has 9 nitrogen and oxygen atoms in total. The molecule has 0 fully saturated rings. The number of methoxy groups -OCH3 is 2. The van der Waals surface area contributed by atoms with Crippen LogP contribution in [0.3, 0.4) is 0 Å². The zero-order valence-electron chi connectivity index (χ0n) is 15.4. The summed E-state index contributed by atoms with van der Waals surface area (Å²) in [5, 5.41) is 14.3. The highest BCUT2D eigenvalue weighted by molar-refractivity contribution is 5.63. The van der Waals surface area contributed by atoms with Gasteiger partial charge in [0.05, 0.1) is 20.4 Å². The number of fused-ring (bicyclic) bond motifs is 1. The van der Waals surface area contributed by atoms with Crippen LogP contribution < -0.4 is 29.6 Å². The normalized spacial score (nSPS) is 12.2. The first-order valence-electron chi connectivity index (χ1n) is 8.60. The summed E-state index contributed by atoms with van der Waals surface area (Å²) in [6, 6.07) is 11.0. The molecule has 9 heteroatoms. The number of benzene rings is 2. The first kappa shape index (κ1) is 17.7. The fourth-order valence-corrected chi connectivity index (χ4v) is 2.73. The molecule has 0 spiro atoms. The predicted octanol–water partition coefficient (Wildman–Crippen LogP) is 3.15. The Morgan fingerprint density at radius 2 is 1.61 bits per heavy atom. The minimum Gasteiger partial charge on any atom is -0.493 e. The van der Waals surface area contributed by atoms with E-state index in [1.165, 1.54) is 6.20 Å². The third kappa shape index (κ3) is 3.83. The molecule has 3 aromatic rings. The number of nitrogens with zero attached hydrogens (tertiary/aromatic N) is 3. The van der Waals surface area contributed by atoms with E-state index >= 15 is 0 Å². The van der Waals surface area contributed by atoms with Crippen LogP contribution in [0, 0.1) is 0 Å². The minimum absolute atomic E-state index is 0.349. The van der Waals surface area contributed by atoms with Crippen LogP contribution in [-0.4, -0.2) is 42.6 Å². The van der Waals surface area contributed by atoms with Crippen LogP contribution in [-0.2, 0) is 0 Å². The second kappa shape index (κ2) is 7.87. The lowest BCUT2D eigenvalue weighted by molar-refractivity contribution is 0.171. The smallest absolute Gasteiger partial charge is 0.249 e. The predicted molar refractivity (Wildman–Crippen MR) is 103 cm³/mol. The average Bonchev–Trinajstić information content (AvgIpc) is 2.74. The van der Waals surface area contributed by atoms with Gasteiger partial charge in [-0.1, -0.05) is 0 Å². The minimum atomic E-state index is 0.349. The molecule has 0 bridgehead atoms. The maximum absolute atomic E-state index is 5.59. The Kier molecular flexibility index (Phi) is 4.96. The molecule has 2 heterocycles. The van der Waals surface area contributed by atoms with Crippen molar-refractivity contribution in [3.8, 4) is 23.0 Å². The molecule has 1 aromatic heterocycles. The van der Waals surface area contributed by atoms with Crippen LogP contribution >= 0.6 is 0 Å². The first-order valence-corrected chi connectivity index (χ1v) is 8.60. The molecule has 1 aliphatic rings. The second-order valence-electron chi connectivity index (χ2n) is 5.84. The van der Waals surface area contributed by atoms with Gasteiger partial charge in [-0.2, -0.15) is 10.1 Å². The van der Waals surface area contributed by atoms with Gasteiger partial charge in [0.25, 0.3) is 0 Å². The molecule has 4 rings (SSSR count). The van der Waals surface area contributed by atoms with Crippen molar-refractivity contribution in [1.82, 2.24) is 15.2 Å². The van der Waals surface area contributed by atoms with Crippen molar-refractivity contribution in [1.29, 1.82) is 0 Å². The van der Waals surface area contributed by atoms with Crippen LogP contribution in [0.25, 0.3) is 0 Å². The third-order valence-electron chi connectivity index (χ3n) is 4.01. The SMILES string of the molecule is COc1ccc(Nc2cnnc(Nc3ccc4c(c3)OCCO4)n2)cc1OC. The zero-order valence-corrected chi connectivity index (χ0v) is 15.4. The molecule has 0 unspecified atom stereocenters. The summed E-state index contributed by atoms with van der Waals surface area (Å²) in [6.07, 6.45) is 1.53. The van der Waals surface area contributed by atoms with Crippen molar-refractivity contribution >= 4 is 23.1 Å². The summed E-state index contributed by atoms with van der Waals surface area (Å²) in [5.74, 6) is 3.55. The number of hydrogen-bond donors (Lipinski definition) is 2. The van der Waals surface area contributed by atoms with Crippen molar-refractivity contribution in [3.63, 3.8) is 0 Å². The molecule has 0 saturated heterocycles. The number of hydrogen-bond acceptors (Lipinski definition) is 9. The number of aromatic nitrogens is 3. The Morgan fingerprint density at radius 3 is 2.43 bits per heavy atom. The summed E-state index contributed by atoms with van der Waals surface area (Å²) in [7, 11) is 3.18. The van der Waals surface area contributed by atoms with E-state index < -0.39 is 0 Å². The molecule has 144 valence electrons. The number of rotatable bonds is 6. The Labute approximate surface area is 161 Å². The van der Waals surface area contributed by atoms with Crippen LogP contribution in [0.4, 0.5) is 23.1 Å². The second-order valence-corrected chi connectivity index (χ2v) is 5.84. The van der Waals surface area contributed by atoms with Gasteiger partial charge >= 0.3 is 0 Å². The van der Waals surface area contributed by atoms with E-state index in [0.29, 0.717) is 42.2 Å². The fourth-order valence-electron chi connectivity index (χ4n) is 2.73. The molecular formula is C19H19N5O4. The molecule has 0 radical (unpaired) electrons. The fraction of sp³-hybridized carbons (Fsp3) is 0.211. The lowest BCUT2D eigenvalue weighted by Crippen LogP contribution is -2.15. The molecule has 28 heavy (non-hydrogen) atoms. The van der Waals surface area contributed by atoms with E-state index in [4.69, 9.17) is 18.9 Å². The van der Waals surface area contributed by atoms with Crippen molar-refractivity contribution in [2.75, 3.05) is 38.1 Å². The molecule has 2 aromatic carbocycles. The van der Waals surface area contributed by atoms with Gasteiger partial charge in [0.15, 0.2) is 28.8 Å². The standard InChI is InChI=1S/C19H19N5O4/c1-25-14-5-3-12(9-16(14)26-2)21-18-11-20-24-19(23-18)22-13-4-6-15-17(10-13)28-8-7-27-15/h3-6,9-11H,7-8H2,1-2H3,(H2,21,22,23,24). The van der Waals surface area contributed by atoms with Gasteiger partial charge in [-0.15, -0.1) is 5.10 Å². The van der Waals surface area contributed by atoms with Gasteiger partial charge in [-0.25, -0.2) is 0 Å². The zero-order chi connectivity index (χ0) is 19.3. The number of anilines is 4. The van der Waals surface area contributed by atoms with E-state index in [-0.39, 0.29) is 0 Å². The monoisotopic (exact) mass is 381 g/mol. The van der Waals surface area contributed by atoms with Gasteiger partial charge in [0, 0.05) is 23.5 Å². The van der Waals surface area contributed by atoms with Crippen molar-refractivity contribution in [2.45, 2.75) is 0 Å². The van der Waals surface area contributed by atoms with E-state index in [2.05, 4.69) is 25.8 Å². The van der Waals surface area contributed by atoms with Crippen LogP contribution in [0.5, 0.6) is 23.0 Å². The quantitative estimate of drug-likeness (QED) is 0.667. The molecule has 2 N–H and O–H groups in total. The third-order valence-corrected chi connectivity index (χ3v) is 4.01. The molecule has 0 amide bonds. The van der Waals surface area contributed by atoms with Crippen LogP contribution in [0.1, 0.15) is 0 Å². The summed E-state index contributed by atoms with van der Waals surface area (Å²) in [4.78, 5) is 4.43. The molecular weight excluding hydrogens is 362 g/mol. The largest absolute Gasteiger partial charge is 0.493 e. The maximum atomic E-state index is 5.59. The Bertz CT molecular complexity index is 926. The van der Waals surface area contributed by atoms with E-state index in [9.17, 15) is 0 Å². The summed E-state index contributed by atoms with van der Waals surface area (Å²) < 4.78 is 21.7. The van der Waals surface area contributed by atoms with Gasteiger partial charge in [0.1, 0.15) is 13.2 Å². The van der Waals surface area contributed by atoms with Gasteiger partial charge in [-0.3, -0.25) is 0 Å². The molecule has 0 saturated carbocycles. The van der Waals surface area contributed by atoms with Crippen molar-refractivity contribution in [2.24, 2.45) is 0 Å². The van der Waals surface area contributed by atoms with E-state index in [1.807, 2.05) is 36.4 Å².